The van der Waals surface area contributed by atoms with Gasteiger partial charge in [-0.3, -0.25) is 0 Å². The molecule has 200 valence electrons. The van der Waals surface area contributed by atoms with Crippen LogP contribution in [0.15, 0.2) is 60.8 Å². The summed E-state index contributed by atoms with van der Waals surface area (Å²) in [4.78, 5) is 25.4. The van der Waals surface area contributed by atoms with E-state index in [-0.39, 0.29) is 18.8 Å². The minimum atomic E-state index is -0.435. The zero-order chi connectivity index (χ0) is 27.4. The number of hydrogen-bond donors (Lipinski definition) is 0. The third kappa shape index (κ3) is 6.08. The highest BCUT2D eigenvalue weighted by Crippen LogP contribution is 2.26. The third-order valence-corrected chi connectivity index (χ3v) is 7.15. The molecule has 0 saturated heterocycles. The molecule has 2 aromatic carbocycles. The number of halogens is 2. The average molecular weight is 567 g/mol. The van der Waals surface area contributed by atoms with E-state index in [1.54, 1.807) is 55.8 Å². The van der Waals surface area contributed by atoms with Gasteiger partial charge in [-0.15, -0.1) is 11.3 Å². The lowest BCUT2D eigenvalue weighted by Gasteiger charge is -2.11. The Hall–Kier alpha value is -3.86. The first-order valence-electron chi connectivity index (χ1n) is 12.0. The molecule has 0 unspecified atom stereocenters. The minimum absolute atomic E-state index is 0.242. The molecule has 5 rings (SSSR count). The van der Waals surface area contributed by atoms with Gasteiger partial charge < -0.3 is 18.8 Å². The molecule has 0 aliphatic rings. The van der Waals surface area contributed by atoms with Crippen molar-refractivity contribution < 1.29 is 23.4 Å². The van der Waals surface area contributed by atoms with Gasteiger partial charge in [0.05, 0.1) is 42.2 Å². The van der Waals surface area contributed by atoms with E-state index in [1.165, 1.54) is 24.5 Å². The number of carbonyl (C=O) groups is 1. The molecule has 0 bridgehead atoms. The van der Waals surface area contributed by atoms with Crippen LogP contribution in [-0.2, 0) is 29.0 Å². The SMILES string of the molecule is COCCn1c(Cc2ccc(-c3cccc(OCc4ncc(Cl)s4)n3)cc2F)nc2ccc(C(=O)OC)cc21. The fourth-order valence-corrected chi connectivity index (χ4v) is 5.02. The Labute approximate surface area is 233 Å². The molecule has 0 amide bonds. The number of thiazole rings is 1. The van der Waals surface area contributed by atoms with Crippen LogP contribution in [0.2, 0.25) is 4.34 Å². The molecule has 0 saturated carbocycles. The molecule has 3 heterocycles. The highest BCUT2D eigenvalue weighted by molar-refractivity contribution is 7.15. The van der Waals surface area contributed by atoms with E-state index in [0.29, 0.717) is 57.1 Å². The second-order valence-electron chi connectivity index (χ2n) is 8.56. The summed E-state index contributed by atoms with van der Waals surface area (Å²) < 4.78 is 33.7. The number of imidazole rings is 1. The van der Waals surface area contributed by atoms with Gasteiger partial charge in [0.2, 0.25) is 5.88 Å². The Kier molecular flexibility index (Phi) is 8.16. The van der Waals surface area contributed by atoms with Gasteiger partial charge in [0.25, 0.3) is 0 Å². The van der Waals surface area contributed by atoms with E-state index in [2.05, 4.69) is 9.97 Å². The number of aromatic nitrogens is 4. The Morgan fingerprint density at radius 2 is 1.97 bits per heavy atom. The molecule has 3 aromatic heterocycles. The van der Waals surface area contributed by atoms with Crippen LogP contribution in [0.5, 0.6) is 5.88 Å². The molecule has 5 aromatic rings. The Bertz CT molecular complexity index is 1640. The number of carbonyl (C=O) groups excluding carboxylic acids is 1. The summed E-state index contributed by atoms with van der Waals surface area (Å²) >= 11 is 7.26. The summed E-state index contributed by atoms with van der Waals surface area (Å²) in [6, 6.07) is 15.5. The molecular formula is C28H24ClFN4O4S. The lowest BCUT2D eigenvalue weighted by atomic mass is 10.1. The van der Waals surface area contributed by atoms with Crippen LogP contribution in [0.3, 0.4) is 0 Å². The highest BCUT2D eigenvalue weighted by Gasteiger charge is 2.17. The summed E-state index contributed by atoms with van der Waals surface area (Å²) in [5.74, 6) is 0.252. The molecule has 11 heteroatoms. The third-order valence-electron chi connectivity index (χ3n) is 6.06. The lowest BCUT2D eigenvalue weighted by Crippen LogP contribution is -2.10. The first-order valence-corrected chi connectivity index (χ1v) is 13.2. The zero-order valence-corrected chi connectivity index (χ0v) is 22.8. The van der Waals surface area contributed by atoms with Gasteiger partial charge in [0.1, 0.15) is 27.6 Å². The van der Waals surface area contributed by atoms with Crippen LogP contribution in [-0.4, -0.2) is 46.3 Å². The smallest absolute Gasteiger partial charge is 0.337 e. The zero-order valence-electron chi connectivity index (χ0n) is 21.2. The van der Waals surface area contributed by atoms with Crippen molar-refractivity contribution in [3.05, 3.63) is 92.9 Å². The predicted octanol–water partition coefficient (Wildman–Crippen LogP) is 5.95. The van der Waals surface area contributed by atoms with Crippen molar-refractivity contribution in [2.75, 3.05) is 20.8 Å². The van der Waals surface area contributed by atoms with Crippen LogP contribution in [0, 0.1) is 5.82 Å². The Morgan fingerprint density at radius 1 is 1.10 bits per heavy atom. The van der Waals surface area contributed by atoms with Gasteiger partial charge in [0.15, 0.2) is 0 Å². The maximum atomic E-state index is 15.3. The number of esters is 1. The van der Waals surface area contributed by atoms with Crippen molar-refractivity contribution in [1.29, 1.82) is 0 Å². The molecule has 0 aliphatic heterocycles. The number of benzene rings is 2. The second-order valence-corrected chi connectivity index (χ2v) is 10.3. The van der Waals surface area contributed by atoms with Gasteiger partial charge in [-0.2, -0.15) is 0 Å². The fourth-order valence-electron chi connectivity index (χ4n) is 4.15. The average Bonchev–Trinajstić information content (AvgIpc) is 3.53. The Morgan fingerprint density at radius 3 is 2.72 bits per heavy atom. The molecule has 0 spiro atoms. The van der Waals surface area contributed by atoms with Crippen molar-refractivity contribution in [2.24, 2.45) is 0 Å². The fraction of sp³-hybridized carbons (Fsp3) is 0.214. The van der Waals surface area contributed by atoms with Gasteiger partial charge in [-0.05, 0) is 35.9 Å². The number of methoxy groups -OCH3 is 2. The normalized spacial score (nSPS) is 11.2. The maximum absolute atomic E-state index is 15.3. The topological polar surface area (TPSA) is 88.4 Å². The van der Waals surface area contributed by atoms with Crippen molar-refractivity contribution >= 4 is 39.9 Å². The van der Waals surface area contributed by atoms with Crippen LogP contribution >= 0.6 is 22.9 Å². The maximum Gasteiger partial charge on any atom is 0.337 e. The van der Waals surface area contributed by atoms with E-state index in [9.17, 15) is 4.79 Å². The molecule has 0 radical (unpaired) electrons. The summed E-state index contributed by atoms with van der Waals surface area (Å²) in [5.41, 5.74) is 3.55. The van der Waals surface area contributed by atoms with Crippen LogP contribution in [0.1, 0.15) is 26.8 Å². The first kappa shape index (κ1) is 26.7. The van der Waals surface area contributed by atoms with E-state index >= 15 is 4.39 Å². The van der Waals surface area contributed by atoms with E-state index in [4.69, 9.17) is 30.8 Å². The van der Waals surface area contributed by atoms with Gasteiger partial charge in [-0.1, -0.05) is 29.8 Å². The van der Waals surface area contributed by atoms with Gasteiger partial charge in [0, 0.05) is 31.7 Å². The molecule has 39 heavy (non-hydrogen) atoms. The number of ether oxygens (including phenoxy) is 3. The van der Waals surface area contributed by atoms with Crippen molar-refractivity contribution in [3.63, 3.8) is 0 Å². The van der Waals surface area contributed by atoms with Crippen molar-refractivity contribution in [2.45, 2.75) is 19.6 Å². The van der Waals surface area contributed by atoms with Crippen molar-refractivity contribution in [3.8, 4) is 17.1 Å². The quantitative estimate of drug-likeness (QED) is 0.193. The highest BCUT2D eigenvalue weighted by atomic mass is 35.5. The number of hydrogen-bond acceptors (Lipinski definition) is 8. The number of nitrogens with zero attached hydrogens (tertiary/aromatic N) is 4. The molecule has 8 nitrogen and oxygen atoms in total. The number of rotatable bonds is 10. The first-order chi connectivity index (χ1) is 18.9. The minimum Gasteiger partial charge on any atom is -0.470 e. The molecule has 0 aliphatic carbocycles. The molecule has 0 atom stereocenters. The summed E-state index contributed by atoms with van der Waals surface area (Å²) in [7, 11) is 2.95. The second kappa shape index (κ2) is 11.9. The summed E-state index contributed by atoms with van der Waals surface area (Å²) in [5, 5.41) is 0.737. The standard InChI is InChI=1S/C28H24ClFN4O4S/c1-36-11-10-34-23-13-19(28(35)37-2)8-9-22(23)32-25(34)14-17-6-7-18(12-20(17)30)21-4-3-5-26(33-21)38-16-27-31-15-24(29)39-27/h3-9,12-13,15H,10-11,14,16H2,1-2H3. The predicted molar refractivity (Wildman–Crippen MR) is 147 cm³/mol. The Balaban J connectivity index is 1.38. The summed E-state index contributed by atoms with van der Waals surface area (Å²) in [6.45, 7) is 1.17. The van der Waals surface area contributed by atoms with Crippen LogP contribution in [0.25, 0.3) is 22.3 Å². The van der Waals surface area contributed by atoms with Crippen LogP contribution < -0.4 is 4.74 Å². The van der Waals surface area contributed by atoms with E-state index < -0.39 is 5.97 Å². The largest absolute Gasteiger partial charge is 0.470 e. The van der Waals surface area contributed by atoms with E-state index in [0.717, 1.165) is 10.5 Å². The summed E-state index contributed by atoms with van der Waals surface area (Å²) in [6.07, 6.45) is 1.83. The monoisotopic (exact) mass is 566 g/mol. The van der Waals surface area contributed by atoms with Crippen LogP contribution in [0.4, 0.5) is 4.39 Å². The molecule has 0 N–H and O–H groups in total. The molecule has 0 fully saturated rings. The molecular weight excluding hydrogens is 543 g/mol. The number of fused-ring (bicyclic) bond motifs is 1. The van der Waals surface area contributed by atoms with Crippen molar-refractivity contribution in [1.82, 2.24) is 19.5 Å². The van der Waals surface area contributed by atoms with E-state index in [1.807, 2.05) is 10.6 Å². The van der Waals surface area contributed by atoms with Gasteiger partial charge >= 0.3 is 5.97 Å². The number of pyridine rings is 1. The van der Waals surface area contributed by atoms with Gasteiger partial charge in [-0.25, -0.2) is 24.1 Å². The lowest BCUT2D eigenvalue weighted by molar-refractivity contribution is 0.0601.